The van der Waals surface area contributed by atoms with Crippen LogP contribution >= 0.6 is 0 Å². The van der Waals surface area contributed by atoms with Crippen molar-refractivity contribution >= 4 is 15.7 Å². The Balaban J connectivity index is 2.29. The molecule has 0 atom stereocenters. The van der Waals surface area contributed by atoms with Crippen molar-refractivity contribution in [3.63, 3.8) is 0 Å². The van der Waals surface area contributed by atoms with Crippen LogP contribution in [0.1, 0.15) is 29.5 Å². The maximum atomic E-state index is 12.5. The van der Waals surface area contributed by atoms with Crippen molar-refractivity contribution in [3.8, 4) is 0 Å². The minimum Gasteiger partial charge on any atom is -0.399 e. The lowest BCUT2D eigenvalue weighted by molar-refractivity contribution is 0.392. The highest BCUT2D eigenvalue weighted by Crippen LogP contribution is 2.20. The molecule has 0 spiro atoms. The molecule has 21 heavy (non-hydrogen) atoms. The van der Waals surface area contributed by atoms with Crippen molar-refractivity contribution in [1.29, 1.82) is 0 Å². The fourth-order valence-electron chi connectivity index (χ4n) is 2.11. The number of hydrogen-bond donors (Lipinski definition) is 2. The number of hydrogen-bond acceptors (Lipinski definition) is 5. The minimum absolute atomic E-state index is 0.140. The molecule has 1 aromatic carbocycles. The van der Waals surface area contributed by atoms with E-state index >= 15 is 0 Å². The Kier molecular flexibility index (Phi) is 4.34. The van der Waals surface area contributed by atoms with E-state index < -0.39 is 10.0 Å². The van der Waals surface area contributed by atoms with Crippen LogP contribution in [0.25, 0.3) is 0 Å². The standard InChI is InChI=1S/C14H19N3O3S/c1-4-11-5-6-12(15)7-14(11)21(18,19)16-8-13-9(2)17-20-10(13)3/h5-7,16H,4,8,15H2,1-3H3. The summed E-state index contributed by atoms with van der Waals surface area (Å²) in [4.78, 5) is 0.219. The van der Waals surface area contributed by atoms with Crippen molar-refractivity contribution in [2.75, 3.05) is 5.73 Å². The molecule has 114 valence electrons. The molecule has 0 fully saturated rings. The van der Waals surface area contributed by atoms with Gasteiger partial charge in [-0.25, -0.2) is 13.1 Å². The minimum atomic E-state index is -3.63. The van der Waals surface area contributed by atoms with E-state index in [9.17, 15) is 8.42 Å². The van der Waals surface area contributed by atoms with Crippen molar-refractivity contribution < 1.29 is 12.9 Å². The normalized spacial score (nSPS) is 11.8. The maximum Gasteiger partial charge on any atom is 0.241 e. The fourth-order valence-corrected chi connectivity index (χ4v) is 3.45. The molecule has 0 saturated heterocycles. The number of nitrogens with two attached hydrogens (primary N) is 1. The van der Waals surface area contributed by atoms with Crippen LogP contribution in [0.3, 0.4) is 0 Å². The smallest absolute Gasteiger partial charge is 0.241 e. The average molecular weight is 309 g/mol. The summed E-state index contributed by atoms with van der Waals surface area (Å²) in [5, 5.41) is 3.81. The number of nitrogen functional groups attached to an aromatic ring is 1. The first-order valence-electron chi connectivity index (χ1n) is 6.65. The Bertz CT molecular complexity index is 731. The Labute approximate surface area is 124 Å². The van der Waals surface area contributed by atoms with Crippen LogP contribution in [0.2, 0.25) is 0 Å². The second-order valence-electron chi connectivity index (χ2n) is 4.85. The molecule has 0 saturated carbocycles. The van der Waals surface area contributed by atoms with E-state index in [1.54, 1.807) is 26.0 Å². The number of rotatable bonds is 5. The van der Waals surface area contributed by atoms with Crippen LogP contribution in [0.5, 0.6) is 0 Å². The summed E-state index contributed by atoms with van der Waals surface area (Å²) in [5.41, 5.74) is 8.28. The Morgan fingerprint density at radius 3 is 2.62 bits per heavy atom. The molecule has 0 aliphatic rings. The first-order valence-corrected chi connectivity index (χ1v) is 8.13. The summed E-state index contributed by atoms with van der Waals surface area (Å²) in [7, 11) is -3.63. The van der Waals surface area contributed by atoms with Crippen LogP contribution in [-0.4, -0.2) is 13.6 Å². The number of benzene rings is 1. The highest BCUT2D eigenvalue weighted by atomic mass is 32.2. The zero-order chi connectivity index (χ0) is 15.6. The van der Waals surface area contributed by atoms with Gasteiger partial charge in [-0.1, -0.05) is 18.1 Å². The van der Waals surface area contributed by atoms with Crippen molar-refractivity contribution in [3.05, 3.63) is 40.8 Å². The molecule has 6 nitrogen and oxygen atoms in total. The monoisotopic (exact) mass is 309 g/mol. The second-order valence-corrected chi connectivity index (χ2v) is 6.58. The zero-order valence-corrected chi connectivity index (χ0v) is 13.1. The number of anilines is 1. The van der Waals surface area contributed by atoms with Gasteiger partial charge in [-0.2, -0.15) is 0 Å². The van der Waals surface area contributed by atoms with E-state index in [2.05, 4.69) is 9.88 Å². The molecule has 2 aromatic rings. The number of aromatic nitrogens is 1. The van der Waals surface area contributed by atoms with Crippen LogP contribution in [-0.2, 0) is 23.0 Å². The third-order valence-corrected chi connectivity index (χ3v) is 4.87. The van der Waals surface area contributed by atoms with E-state index in [0.29, 0.717) is 23.6 Å². The highest BCUT2D eigenvalue weighted by Gasteiger charge is 2.19. The first kappa shape index (κ1) is 15.5. The molecule has 0 unspecified atom stereocenters. The van der Waals surface area contributed by atoms with Gasteiger partial charge < -0.3 is 10.3 Å². The summed E-state index contributed by atoms with van der Waals surface area (Å²) in [5.74, 6) is 0.610. The van der Waals surface area contributed by atoms with Gasteiger partial charge in [0.25, 0.3) is 0 Å². The summed E-state index contributed by atoms with van der Waals surface area (Å²) < 4.78 is 32.5. The Morgan fingerprint density at radius 1 is 1.33 bits per heavy atom. The molecule has 1 heterocycles. The molecule has 3 N–H and O–H groups in total. The van der Waals surface area contributed by atoms with E-state index in [4.69, 9.17) is 10.3 Å². The summed E-state index contributed by atoms with van der Waals surface area (Å²) >= 11 is 0. The molecule has 0 aliphatic heterocycles. The first-order chi connectivity index (χ1) is 9.85. The predicted octanol–water partition coefficient (Wildman–Crippen LogP) is 1.91. The fraction of sp³-hybridized carbons (Fsp3) is 0.357. The third kappa shape index (κ3) is 3.25. The molecule has 2 rings (SSSR count). The number of nitrogens with one attached hydrogen (secondary N) is 1. The molecular formula is C14H19N3O3S. The largest absolute Gasteiger partial charge is 0.399 e. The van der Waals surface area contributed by atoms with E-state index in [1.807, 2.05) is 6.92 Å². The van der Waals surface area contributed by atoms with Gasteiger partial charge in [0, 0.05) is 17.8 Å². The molecule has 0 bridgehead atoms. The average Bonchev–Trinajstić information content (AvgIpc) is 2.76. The van der Waals surface area contributed by atoms with E-state index in [-0.39, 0.29) is 11.4 Å². The van der Waals surface area contributed by atoms with Gasteiger partial charge in [0.2, 0.25) is 10.0 Å². The van der Waals surface area contributed by atoms with Crippen LogP contribution in [0.15, 0.2) is 27.6 Å². The number of aryl methyl sites for hydroxylation is 3. The van der Waals surface area contributed by atoms with Crippen LogP contribution in [0, 0.1) is 13.8 Å². The van der Waals surface area contributed by atoms with E-state index in [0.717, 1.165) is 11.1 Å². The maximum absolute atomic E-state index is 12.5. The van der Waals surface area contributed by atoms with Crippen molar-refractivity contribution in [2.45, 2.75) is 38.6 Å². The van der Waals surface area contributed by atoms with Gasteiger partial charge in [0.05, 0.1) is 10.6 Å². The van der Waals surface area contributed by atoms with E-state index in [1.165, 1.54) is 6.07 Å². The second kappa shape index (κ2) is 5.87. The van der Waals surface area contributed by atoms with Crippen LogP contribution < -0.4 is 10.5 Å². The predicted molar refractivity (Wildman–Crippen MR) is 80.2 cm³/mol. The molecule has 0 amide bonds. The van der Waals surface area contributed by atoms with Gasteiger partial charge in [0.15, 0.2) is 0 Å². The Hall–Kier alpha value is -1.86. The summed E-state index contributed by atoms with van der Waals surface area (Å²) in [6, 6.07) is 4.92. The third-order valence-electron chi connectivity index (χ3n) is 3.38. The van der Waals surface area contributed by atoms with Crippen molar-refractivity contribution in [1.82, 2.24) is 9.88 Å². The topological polar surface area (TPSA) is 98.2 Å². The zero-order valence-electron chi connectivity index (χ0n) is 12.3. The number of sulfonamides is 1. The van der Waals surface area contributed by atoms with Gasteiger partial charge >= 0.3 is 0 Å². The lowest BCUT2D eigenvalue weighted by Gasteiger charge is -2.11. The summed E-state index contributed by atoms with van der Waals surface area (Å²) in [6.07, 6.45) is 0.613. The van der Waals surface area contributed by atoms with Crippen LogP contribution in [0.4, 0.5) is 5.69 Å². The van der Waals surface area contributed by atoms with Crippen molar-refractivity contribution in [2.24, 2.45) is 0 Å². The molecule has 0 radical (unpaired) electrons. The Morgan fingerprint density at radius 2 is 2.05 bits per heavy atom. The summed E-state index contributed by atoms with van der Waals surface area (Å²) in [6.45, 7) is 5.57. The van der Waals surface area contributed by atoms with Gasteiger partial charge in [-0.05, 0) is 38.0 Å². The molecular weight excluding hydrogens is 290 g/mol. The highest BCUT2D eigenvalue weighted by molar-refractivity contribution is 7.89. The lowest BCUT2D eigenvalue weighted by atomic mass is 10.1. The van der Waals surface area contributed by atoms with Gasteiger partial charge in [0.1, 0.15) is 5.76 Å². The van der Waals surface area contributed by atoms with Gasteiger partial charge in [-0.3, -0.25) is 0 Å². The molecule has 1 aromatic heterocycles. The van der Waals surface area contributed by atoms with Gasteiger partial charge in [-0.15, -0.1) is 0 Å². The lowest BCUT2D eigenvalue weighted by Crippen LogP contribution is -2.25. The molecule has 7 heteroatoms. The SMILES string of the molecule is CCc1ccc(N)cc1S(=O)(=O)NCc1c(C)noc1C. The quantitative estimate of drug-likeness (QED) is 0.822. The number of nitrogens with zero attached hydrogens (tertiary/aromatic N) is 1. The molecule has 0 aliphatic carbocycles.